The number of rotatable bonds is 4. The van der Waals surface area contributed by atoms with Crippen molar-refractivity contribution < 1.29 is 9.18 Å². The molecular formula is C21H21FN4O2. The lowest BCUT2D eigenvalue weighted by molar-refractivity contribution is -0.132. The Labute approximate surface area is 161 Å². The number of amides is 1. The molecule has 0 atom stereocenters. The largest absolute Gasteiger partial charge is 0.343 e. The van der Waals surface area contributed by atoms with Crippen LogP contribution in [-0.4, -0.2) is 38.9 Å². The van der Waals surface area contributed by atoms with Crippen molar-refractivity contribution in [3.05, 3.63) is 70.3 Å². The highest BCUT2D eigenvalue weighted by Gasteiger charge is 2.25. The van der Waals surface area contributed by atoms with Crippen LogP contribution < -0.4 is 5.56 Å². The lowest BCUT2D eigenvalue weighted by atomic mass is 10.0. The number of carbonyl (C=O) groups is 1. The van der Waals surface area contributed by atoms with Gasteiger partial charge >= 0.3 is 0 Å². The minimum absolute atomic E-state index is 0.104. The van der Waals surface area contributed by atoms with E-state index in [9.17, 15) is 14.0 Å². The van der Waals surface area contributed by atoms with E-state index in [0.717, 1.165) is 12.0 Å². The SMILES string of the molecule is O=C(CCc1ccccc1)N1CCC(n2nnc3cc(F)ccc3c2=O)CC1. The van der Waals surface area contributed by atoms with Crippen LogP contribution in [0, 0.1) is 5.82 Å². The maximum absolute atomic E-state index is 13.3. The van der Waals surface area contributed by atoms with E-state index in [0.29, 0.717) is 37.7 Å². The van der Waals surface area contributed by atoms with E-state index in [1.165, 1.54) is 22.9 Å². The molecule has 0 unspecified atom stereocenters. The highest BCUT2D eigenvalue weighted by atomic mass is 19.1. The predicted octanol–water partition coefficient (Wildman–Crippen LogP) is 2.73. The third kappa shape index (κ3) is 3.78. The average molecular weight is 380 g/mol. The Morgan fingerprint density at radius 3 is 2.61 bits per heavy atom. The van der Waals surface area contributed by atoms with Crippen molar-refractivity contribution in [1.29, 1.82) is 0 Å². The predicted molar refractivity (Wildman–Crippen MR) is 103 cm³/mol. The number of aromatic nitrogens is 3. The molecule has 28 heavy (non-hydrogen) atoms. The topological polar surface area (TPSA) is 68.1 Å². The van der Waals surface area contributed by atoms with Crippen LogP contribution >= 0.6 is 0 Å². The van der Waals surface area contributed by atoms with Crippen molar-refractivity contribution >= 4 is 16.8 Å². The number of hydrogen-bond acceptors (Lipinski definition) is 4. The molecule has 0 radical (unpaired) electrons. The van der Waals surface area contributed by atoms with E-state index < -0.39 is 5.82 Å². The van der Waals surface area contributed by atoms with Gasteiger partial charge in [0.2, 0.25) is 5.91 Å². The zero-order chi connectivity index (χ0) is 19.5. The summed E-state index contributed by atoms with van der Waals surface area (Å²) in [7, 11) is 0. The molecule has 0 aliphatic carbocycles. The van der Waals surface area contributed by atoms with Gasteiger partial charge in [-0.2, -0.15) is 0 Å². The van der Waals surface area contributed by atoms with E-state index in [-0.39, 0.29) is 23.0 Å². The highest BCUT2D eigenvalue weighted by Crippen LogP contribution is 2.21. The zero-order valence-corrected chi connectivity index (χ0v) is 15.4. The summed E-state index contributed by atoms with van der Waals surface area (Å²) in [5, 5.41) is 8.35. The molecule has 0 N–H and O–H groups in total. The molecule has 4 rings (SSSR count). The number of carbonyl (C=O) groups excluding carboxylic acids is 1. The summed E-state index contributed by atoms with van der Waals surface area (Å²) in [6, 6.07) is 13.8. The lowest BCUT2D eigenvalue weighted by Crippen LogP contribution is -2.41. The Balaban J connectivity index is 1.39. The number of nitrogens with zero attached hydrogens (tertiary/aromatic N) is 4. The molecule has 1 fully saturated rings. The quantitative estimate of drug-likeness (QED) is 0.698. The first-order chi connectivity index (χ1) is 13.6. The number of hydrogen-bond donors (Lipinski definition) is 0. The molecule has 6 nitrogen and oxygen atoms in total. The number of likely N-dealkylation sites (tertiary alicyclic amines) is 1. The Bertz CT molecular complexity index is 1040. The van der Waals surface area contributed by atoms with E-state index in [4.69, 9.17) is 0 Å². The summed E-state index contributed by atoms with van der Waals surface area (Å²) in [5.74, 6) is -0.309. The van der Waals surface area contributed by atoms with Crippen LogP contribution in [0.4, 0.5) is 4.39 Å². The summed E-state index contributed by atoms with van der Waals surface area (Å²) in [5.41, 5.74) is 1.15. The zero-order valence-electron chi connectivity index (χ0n) is 15.4. The fourth-order valence-electron chi connectivity index (χ4n) is 3.68. The number of piperidine rings is 1. The van der Waals surface area contributed by atoms with Crippen molar-refractivity contribution in [2.75, 3.05) is 13.1 Å². The third-order valence-electron chi connectivity index (χ3n) is 5.28. The Kier molecular flexibility index (Phi) is 5.14. The number of halogens is 1. The fraction of sp³-hybridized carbons (Fsp3) is 0.333. The van der Waals surface area contributed by atoms with Crippen LogP contribution in [0.15, 0.2) is 53.3 Å². The van der Waals surface area contributed by atoms with Crippen molar-refractivity contribution in [3.63, 3.8) is 0 Å². The highest BCUT2D eigenvalue weighted by molar-refractivity contribution is 5.77. The van der Waals surface area contributed by atoms with Gasteiger partial charge in [0.1, 0.15) is 11.3 Å². The molecule has 1 aliphatic heterocycles. The normalized spacial score (nSPS) is 15.1. The maximum atomic E-state index is 13.3. The van der Waals surface area contributed by atoms with E-state index >= 15 is 0 Å². The van der Waals surface area contributed by atoms with Gasteiger partial charge in [-0.05, 0) is 37.0 Å². The van der Waals surface area contributed by atoms with Gasteiger partial charge in [0.05, 0.1) is 11.4 Å². The van der Waals surface area contributed by atoms with Crippen LogP contribution in [0.1, 0.15) is 30.9 Å². The second-order valence-electron chi connectivity index (χ2n) is 7.10. The van der Waals surface area contributed by atoms with Crippen molar-refractivity contribution in [1.82, 2.24) is 19.9 Å². The summed E-state index contributed by atoms with van der Waals surface area (Å²) < 4.78 is 14.7. The van der Waals surface area contributed by atoms with Crippen LogP contribution in [0.25, 0.3) is 10.9 Å². The van der Waals surface area contributed by atoms with Crippen LogP contribution in [0.2, 0.25) is 0 Å². The smallest absolute Gasteiger partial charge is 0.277 e. The van der Waals surface area contributed by atoms with Crippen LogP contribution in [0.3, 0.4) is 0 Å². The lowest BCUT2D eigenvalue weighted by Gasteiger charge is -2.32. The van der Waals surface area contributed by atoms with Crippen molar-refractivity contribution in [2.24, 2.45) is 0 Å². The van der Waals surface area contributed by atoms with Gasteiger partial charge in [0, 0.05) is 25.6 Å². The summed E-state index contributed by atoms with van der Waals surface area (Å²) in [6.45, 7) is 1.18. The fourth-order valence-corrected chi connectivity index (χ4v) is 3.68. The molecule has 144 valence electrons. The Hall–Kier alpha value is -3.09. The third-order valence-corrected chi connectivity index (χ3v) is 5.28. The Morgan fingerprint density at radius 2 is 1.86 bits per heavy atom. The van der Waals surface area contributed by atoms with E-state index in [1.807, 2.05) is 35.2 Å². The number of benzene rings is 2. The first kappa shape index (κ1) is 18.3. The molecule has 2 heterocycles. The van der Waals surface area contributed by atoms with Crippen LogP contribution in [-0.2, 0) is 11.2 Å². The van der Waals surface area contributed by atoms with Gasteiger partial charge in [-0.3, -0.25) is 9.59 Å². The van der Waals surface area contributed by atoms with Gasteiger partial charge in [-0.25, -0.2) is 9.07 Å². The second kappa shape index (κ2) is 7.88. The molecule has 7 heteroatoms. The molecule has 0 bridgehead atoms. The van der Waals surface area contributed by atoms with E-state index in [1.54, 1.807) is 0 Å². The van der Waals surface area contributed by atoms with Gasteiger partial charge < -0.3 is 4.90 Å². The first-order valence-corrected chi connectivity index (χ1v) is 9.48. The standard InChI is InChI=1S/C21H21FN4O2/c22-16-7-8-18-19(14-16)23-24-26(21(18)28)17-10-12-25(13-11-17)20(27)9-6-15-4-2-1-3-5-15/h1-5,7-8,14,17H,6,9-13H2. The Morgan fingerprint density at radius 1 is 1.11 bits per heavy atom. The van der Waals surface area contributed by atoms with E-state index in [2.05, 4.69) is 10.3 Å². The summed E-state index contributed by atoms with van der Waals surface area (Å²) in [4.78, 5) is 27.0. The minimum Gasteiger partial charge on any atom is -0.343 e. The molecular weight excluding hydrogens is 359 g/mol. The van der Waals surface area contributed by atoms with Crippen LogP contribution in [0.5, 0.6) is 0 Å². The van der Waals surface area contributed by atoms with Gasteiger partial charge in [0.25, 0.3) is 5.56 Å². The van der Waals surface area contributed by atoms with Crippen molar-refractivity contribution in [2.45, 2.75) is 31.7 Å². The maximum Gasteiger partial charge on any atom is 0.277 e. The second-order valence-corrected chi connectivity index (χ2v) is 7.10. The first-order valence-electron chi connectivity index (χ1n) is 9.48. The minimum atomic E-state index is -0.443. The summed E-state index contributed by atoms with van der Waals surface area (Å²) in [6.07, 6.45) is 2.51. The molecule has 1 saturated heterocycles. The molecule has 1 amide bonds. The number of fused-ring (bicyclic) bond motifs is 1. The average Bonchev–Trinajstić information content (AvgIpc) is 2.73. The molecule has 0 spiro atoms. The molecule has 3 aromatic rings. The molecule has 0 saturated carbocycles. The van der Waals surface area contributed by atoms with Gasteiger partial charge in [-0.15, -0.1) is 5.10 Å². The van der Waals surface area contributed by atoms with Gasteiger partial charge in [0.15, 0.2) is 0 Å². The number of aryl methyl sites for hydroxylation is 1. The molecule has 1 aromatic heterocycles. The molecule has 1 aliphatic rings. The molecule has 2 aromatic carbocycles. The monoisotopic (exact) mass is 380 g/mol. The van der Waals surface area contributed by atoms with Crippen molar-refractivity contribution in [3.8, 4) is 0 Å². The summed E-state index contributed by atoms with van der Waals surface area (Å²) >= 11 is 0. The van der Waals surface area contributed by atoms with Gasteiger partial charge in [-0.1, -0.05) is 35.5 Å².